The van der Waals surface area contributed by atoms with Crippen LogP contribution in [-0.4, -0.2) is 17.1 Å². The molecule has 1 atom stereocenters. The van der Waals surface area contributed by atoms with Crippen molar-refractivity contribution in [3.63, 3.8) is 0 Å². The van der Waals surface area contributed by atoms with Crippen molar-refractivity contribution in [3.05, 3.63) is 34.9 Å². The monoisotopic (exact) mass is 277 g/mol. The molecule has 0 amide bonds. The molecule has 3 nitrogen and oxygen atoms in total. The highest BCUT2D eigenvalue weighted by Crippen LogP contribution is 2.09. The van der Waals surface area contributed by atoms with Gasteiger partial charge in [0.2, 0.25) is 0 Å². The molecule has 1 aromatic carbocycles. The van der Waals surface area contributed by atoms with E-state index in [1.807, 2.05) is 19.1 Å². The Kier molecular flexibility index (Phi) is 7.96. The predicted molar refractivity (Wildman–Crippen MR) is 71.9 cm³/mol. The molecule has 0 aromatic heterocycles. The average Bonchev–Trinajstić information content (AvgIpc) is 2.26. The number of halogens is 2. The van der Waals surface area contributed by atoms with Crippen LogP contribution in [0, 0.1) is 0 Å². The minimum absolute atomic E-state index is 0. The fourth-order valence-corrected chi connectivity index (χ4v) is 1.57. The smallest absolute Gasteiger partial charge is 0.320 e. The van der Waals surface area contributed by atoms with Crippen molar-refractivity contribution in [2.24, 2.45) is 0 Å². The molecular formula is C12H17Cl2NO2. The lowest BCUT2D eigenvalue weighted by Gasteiger charge is -2.13. The fourth-order valence-electron chi connectivity index (χ4n) is 1.44. The van der Waals surface area contributed by atoms with E-state index in [-0.39, 0.29) is 12.4 Å². The van der Waals surface area contributed by atoms with Gasteiger partial charge in [0.25, 0.3) is 0 Å². The van der Waals surface area contributed by atoms with Gasteiger partial charge in [-0.3, -0.25) is 4.79 Å². The van der Waals surface area contributed by atoms with Crippen LogP contribution in [0.3, 0.4) is 0 Å². The van der Waals surface area contributed by atoms with Gasteiger partial charge in [0.15, 0.2) is 0 Å². The topological polar surface area (TPSA) is 49.3 Å². The highest BCUT2D eigenvalue weighted by Gasteiger charge is 2.14. The normalized spacial score (nSPS) is 11.6. The minimum Gasteiger partial charge on any atom is -0.480 e. The Balaban J connectivity index is 0.00000256. The number of carbonyl (C=O) groups is 1. The molecule has 1 aromatic rings. The Bertz CT molecular complexity index is 341. The first kappa shape index (κ1) is 16.2. The molecular weight excluding hydrogens is 261 g/mol. The predicted octanol–water partition coefficient (Wildman–Crippen LogP) is 3.10. The first-order valence-corrected chi connectivity index (χ1v) is 5.72. The van der Waals surface area contributed by atoms with Crippen LogP contribution in [0.25, 0.3) is 0 Å². The van der Waals surface area contributed by atoms with Gasteiger partial charge in [0.05, 0.1) is 0 Å². The summed E-state index contributed by atoms with van der Waals surface area (Å²) in [5, 5.41) is 12.6. The summed E-state index contributed by atoms with van der Waals surface area (Å²) in [6.45, 7) is 2.52. The molecule has 1 unspecified atom stereocenters. The molecule has 0 fully saturated rings. The van der Waals surface area contributed by atoms with E-state index in [0.29, 0.717) is 18.0 Å². The van der Waals surface area contributed by atoms with Crippen LogP contribution in [-0.2, 0) is 11.3 Å². The molecule has 2 N–H and O–H groups in total. The van der Waals surface area contributed by atoms with E-state index in [2.05, 4.69) is 5.32 Å². The van der Waals surface area contributed by atoms with Gasteiger partial charge in [-0.05, 0) is 24.1 Å². The van der Waals surface area contributed by atoms with Crippen LogP contribution >= 0.6 is 24.0 Å². The van der Waals surface area contributed by atoms with Crippen molar-refractivity contribution in [3.8, 4) is 0 Å². The summed E-state index contributed by atoms with van der Waals surface area (Å²) in [6, 6.07) is 6.91. The molecule has 0 saturated heterocycles. The zero-order valence-corrected chi connectivity index (χ0v) is 11.2. The zero-order chi connectivity index (χ0) is 12.0. The van der Waals surface area contributed by atoms with E-state index < -0.39 is 12.0 Å². The number of aliphatic carboxylic acids is 1. The average molecular weight is 278 g/mol. The van der Waals surface area contributed by atoms with Gasteiger partial charge >= 0.3 is 5.97 Å². The standard InChI is InChI=1S/C12H16ClNO2.ClH/c1-2-3-11(12(15)16)14-8-9-4-6-10(13)7-5-9;/h4-7,11,14H,2-3,8H2,1H3,(H,15,16);1H. The van der Waals surface area contributed by atoms with Crippen LogP contribution in [0.5, 0.6) is 0 Å². The molecule has 0 bridgehead atoms. The van der Waals surface area contributed by atoms with Gasteiger partial charge in [-0.15, -0.1) is 12.4 Å². The molecule has 0 aliphatic rings. The molecule has 0 aliphatic carbocycles. The second-order valence-corrected chi connectivity index (χ2v) is 4.12. The van der Waals surface area contributed by atoms with Gasteiger partial charge in [0, 0.05) is 11.6 Å². The lowest BCUT2D eigenvalue weighted by molar-refractivity contribution is -0.139. The van der Waals surface area contributed by atoms with Gasteiger partial charge < -0.3 is 10.4 Å². The Labute approximate surface area is 113 Å². The van der Waals surface area contributed by atoms with E-state index >= 15 is 0 Å². The maximum absolute atomic E-state index is 10.9. The van der Waals surface area contributed by atoms with Crippen LogP contribution in [0.1, 0.15) is 25.3 Å². The van der Waals surface area contributed by atoms with E-state index in [9.17, 15) is 4.79 Å². The lowest BCUT2D eigenvalue weighted by Crippen LogP contribution is -2.35. The number of carboxylic acids is 1. The first-order chi connectivity index (χ1) is 7.63. The Morgan fingerprint density at radius 1 is 1.41 bits per heavy atom. The van der Waals surface area contributed by atoms with E-state index in [4.69, 9.17) is 16.7 Å². The number of hydrogen-bond donors (Lipinski definition) is 2. The second kappa shape index (κ2) is 8.34. The van der Waals surface area contributed by atoms with E-state index in [1.54, 1.807) is 12.1 Å². The van der Waals surface area contributed by atoms with Crippen molar-refractivity contribution < 1.29 is 9.90 Å². The maximum Gasteiger partial charge on any atom is 0.320 e. The molecule has 0 spiro atoms. The van der Waals surface area contributed by atoms with Crippen molar-refractivity contribution >= 4 is 30.0 Å². The van der Waals surface area contributed by atoms with Crippen molar-refractivity contribution in [1.82, 2.24) is 5.32 Å². The molecule has 0 aliphatic heterocycles. The molecule has 1 rings (SSSR count). The van der Waals surface area contributed by atoms with Gasteiger partial charge in [-0.2, -0.15) is 0 Å². The summed E-state index contributed by atoms with van der Waals surface area (Å²) < 4.78 is 0. The third-order valence-electron chi connectivity index (χ3n) is 2.34. The highest BCUT2D eigenvalue weighted by molar-refractivity contribution is 6.30. The molecule has 5 heteroatoms. The summed E-state index contributed by atoms with van der Waals surface area (Å²) in [6.07, 6.45) is 1.49. The number of rotatable bonds is 6. The quantitative estimate of drug-likeness (QED) is 0.840. The van der Waals surface area contributed by atoms with Crippen LogP contribution in [0.2, 0.25) is 5.02 Å². The molecule has 0 radical (unpaired) electrons. The summed E-state index contributed by atoms with van der Waals surface area (Å²) >= 11 is 5.76. The summed E-state index contributed by atoms with van der Waals surface area (Å²) in [5.41, 5.74) is 1.03. The molecule has 17 heavy (non-hydrogen) atoms. The second-order valence-electron chi connectivity index (χ2n) is 3.69. The summed E-state index contributed by atoms with van der Waals surface area (Å²) in [5.74, 6) is -0.796. The van der Waals surface area contributed by atoms with Gasteiger partial charge in [-0.25, -0.2) is 0 Å². The zero-order valence-electron chi connectivity index (χ0n) is 9.65. The molecule has 0 heterocycles. The number of benzene rings is 1. The van der Waals surface area contributed by atoms with Crippen LogP contribution < -0.4 is 5.32 Å². The Morgan fingerprint density at radius 2 is 2.00 bits per heavy atom. The van der Waals surface area contributed by atoms with Gasteiger partial charge in [0.1, 0.15) is 6.04 Å². The maximum atomic E-state index is 10.9. The summed E-state index contributed by atoms with van der Waals surface area (Å²) in [7, 11) is 0. The fraction of sp³-hybridized carbons (Fsp3) is 0.417. The van der Waals surface area contributed by atoms with E-state index in [1.165, 1.54) is 0 Å². The third kappa shape index (κ3) is 5.91. The first-order valence-electron chi connectivity index (χ1n) is 5.34. The third-order valence-corrected chi connectivity index (χ3v) is 2.59. The summed E-state index contributed by atoms with van der Waals surface area (Å²) in [4.78, 5) is 10.9. The number of hydrogen-bond acceptors (Lipinski definition) is 2. The molecule has 0 saturated carbocycles. The highest BCUT2D eigenvalue weighted by atomic mass is 35.5. The van der Waals surface area contributed by atoms with Crippen molar-refractivity contribution in [2.75, 3.05) is 0 Å². The minimum atomic E-state index is -0.796. The van der Waals surface area contributed by atoms with E-state index in [0.717, 1.165) is 12.0 Å². The van der Waals surface area contributed by atoms with Crippen molar-refractivity contribution in [1.29, 1.82) is 0 Å². The van der Waals surface area contributed by atoms with Crippen LogP contribution in [0.15, 0.2) is 24.3 Å². The largest absolute Gasteiger partial charge is 0.480 e. The number of nitrogens with one attached hydrogen (secondary N) is 1. The SMILES string of the molecule is CCCC(NCc1ccc(Cl)cc1)C(=O)O.Cl. The Hall–Kier alpha value is -0.770. The number of carboxylic acid groups (broad SMARTS) is 1. The Morgan fingerprint density at radius 3 is 2.47 bits per heavy atom. The lowest BCUT2D eigenvalue weighted by atomic mass is 10.1. The van der Waals surface area contributed by atoms with Crippen molar-refractivity contribution in [2.45, 2.75) is 32.4 Å². The van der Waals surface area contributed by atoms with Crippen LogP contribution in [0.4, 0.5) is 0 Å². The van der Waals surface area contributed by atoms with Gasteiger partial charge in [-0.1, -0.05) is 37.1 Å². The molecule has 96 valence electrons.